The molecule has 1 aromatic heterocycles. The van der Waals surface area contributed by atoms with Gasteiger partial charge in [0.1, 0.15) is 0 Å². The summed E-state index contributed by atoms with van der Waals surface area (Å²) >= 11 is 6.15. The molecule has 0 atom stereocenters. The van der Waals surface area contributed by atoms with Crippen molar-refractivity contribution in [3.8, 4) is 0 Å². The number of hydrogen-bond donors (Lipinski definition) is 1. The Bertz CT molecular complexity index is 900. The minimum absolute atomic E-state index is 0.337. The Morgan fingerprint density at radius 3 is 2.09 bits per heavy atom. The van der Waals surface area contributed by atoms with Gasteiger partial charge in [0.05, 0.1) is 11.2 Å². The van der Waals surface area contributed by atoms with Gasteiger partial charge in [0.25, 0.3) is 0 Å². The Kier molecular flexibility index (Phi) is 3.12. The highest BCUT2D eigenvalue weighted by atomic mass is 35.5. The lowest BCUT2D eigenvalue weighted by Gasteiger charge is -2.32. The summed E-state index contributed by atoms with van der Waals surface area (Å²) in [6.07, 6.45) is 0. The molecule has 0 aliphatic carbocycles. The zero-order valence-corrected chi connectivity index (χ0v) is 14.5. The molecule has 118 valence electrons. The van der Waals surface area contributed by atoms with E-state index in [0.717, 1.165) is 32.3 Å². The van der Waals surface area contributed by atoms with Gasteiger partial charge in [-0.15, -0.1) is 0 Å². The molecule has 0 amide bonds. The lowest BCUT2D eigenvalue weighted by atomic mass is 9.78. The van der Waals surface area contributed by atoms with E-state index in [1.54, 1.807) is 0 Å². The highest BCUT2D eigenvalue weighted by Crippen LogP contribution is 2.37. The first-order valence-corrected chi connectivity index (χ1v) is 8.21. The molecule has 0 spiro atoms. The van der Waals surface area contributed by atoms with Gasteiger partial charge in [0, 0.05) is 26.8 Å². The van der Waals surface area contributed by atoms with Crippen LogP contribution in [0.2, 0.25) is 5.02 Å². The molecule has 0 radical (unpaired) electrons. The van der Waals surface area contributed by atoms with Crippen LogP contribution in [0.25, 0.3) is 21.8 Å². The zero-order chi connectivity index (χ0) is 16.4. The minimum Gasteiger partial charge on any atom is -0.399 e. The molecule has 23 heavy (non-hydrogen) atoms. The third-order valence-corrected chi connectivity index (χ3v) is 5.35. The summed E-state index contributed by atoms with van der Waals surface area (Å²) in [5, 5.41) is 2.99. The first kappa shape index (κ1) is 15.1. The van der Waals surface area contributed by atoms with Crippen molar-refractivity contribution < 1.29 is 9.31 Å². The molecule has 1 fully saturated rings. The van der Waals surface area contributed by atoms with Gasteiger partial charge in [-0.3, -0.25) is 0 Å². The maximum atomic E-state index is 6.15. The van der Waals surface area contributed by atoms with Crippen LogP contribution in [0, 0.1) is 0 Å². The molecule has 0 saturated carbocycles. The van der Waals surface area contributed by atoms with E-state index in [0.29, 0.717) is 0 Å². The topological polar surface area (TPSA) is 34.2 Å². The van der Waals surface area contributed by atoms with Crippen LogP contribution in [0.15, 0.2) is 36.4 Å². The van der Waals surface area contributed by atoms with Crippen LogP contribution in [-0.2, 0) is 9.31 Å². The lowest BCUT2D eigenvalue weighted by Crippen LogP contribution is -2.41. The third kappa shape index (κ3) is 2.28. The molecule has 1 aliphatic rings. The fourth-order valence-electron chi connectivity index (χ4n) is 3.01. The number of aromatic amines is 1. The SMILES string of the molecule is CC1(C)OB(c2ccc3[nH]c4ccc(Cl)cc4c3c2)OC1(C)C. The van der Waals surface area contributed by atoms with Gasteiger partial charge in [-0.1, -0.05) is 23.7 Å². The van der Waals surface area contributed by atoms with Gasteiger partial charge in [0.2, 0.25) is 0 Å². The number of hydrogen-bond acceptors (Lipinski definition) is 2. The molecule has 5 heteroatoms. The van der Waals surface area contributed by atoms with Gasteiger partial charge in [-0.2, -0.15) is 0 Å². The molecule has 4 rings (SSSR count). The molecule has 2 heterocycles. The number of aromatic nitrogens is 1. The molecular formula is C18H19BClNO2. The van der Waals surface area contributed by atoms with Crippen LogP contribution in [0.4, 0.5) is 0 Å². The maximum Gasteiger partial charge on any atom is 0.494 e. The Labute approximate surface area is 141 Å². The molecule has 1 aliphatic heterocycles. The fraction of sp³-hybridized carbons (Fsp3) is 0.333. The van der Waals surface area contributed by atoms with Gasteiger partial charge in [-0.25, -0.2) is 0 Å². The standard InChI is InChI=1S/C18H19BClNO2/c1-17(2)18(3,4)23-19(22-17)11-5-7-15-13(9-11)14-10-12(20)6-8-16(14)21-15/h5-10,21H,1-4H3. The maximum absolute atomic E-state index is 6.15. The molecule has 3 aromatic rings. The monoisotopic (exact) mass is 327 g/mol. The highest BCUT2D eigenvalue weighted by molar-refractivity contribution is 6.62. The van der Waals surface area contributed by atoms with Crippen molar-refractivity contribution in [1.82, 2.24) is 4.98 Å². The minimum atomic E-state index is -0.353. The smallest absolute Gasteiger partial charge is 0.399 e. The molecule has 2 aromatic carbocycles. The average molecular weight is 328 g/mol. The summed E-state index contributed by atoms with van der Waals surface area (Å²) in [7, 11) is -0.353. The van der Waals surface area contributed by atoms with Crippen LogP contribution in [0.1, 0.15) is 27.7 Å². The first-order chi connectivity index (χ1) is 10.8. The summed E-state index contributed by atoms with van der Waals surface area (Å²) in [6.45, 7) is 8.27. The molecule has 0 unspecified atom stereocenters. The van der Waals surface area contributed by atoms with E-state index in [4.69, 9.17) is 20.9 Å². The lowest BCUT2D eigenvalue weighted by molar-refractivity contribution is 0.00578. The summed E-state index contributed by atoms with van der Waals surface area (Å²) in [4.78, 5) is 3.42. The predicted molar refractivity (Wildman–Crippen MR) is 96.5 cm³/mol. The Morgan fingerprint density at radius 1 is 0.870 bits per heavy atom. The quantitative estimate of drug-likeness (QED) is 0.677. The summed E-state index contributed by atoms with van der Waals surface area (Å²) in [5.74, 6) is 0. The van der Waals surface area contributed by atoms with Crippen molar-refractivity contribution in [2.45, 2.75) is 38.9 Å². The second-order valence-electron chi connectivity index (χ2n) is 7.21. The van der Waals surface area contributed by atoms with Crippen LogP contribution in [-0.4, -0.2) is 23.3 Å². The van der Waals surface area contributed by atoms with Crippen molar-refractivity contribution in [1.29, 1.82) is 0 Å². The number of fused-ring (bicyclic) bond motifs is 3. The highest BCUT2D eigenvalue weighted by Gasteiger charge is 2.51. The number of benzene rings is 2. The van der Waals surface area contributed by atoms with E-state index >= 15 is 0 Å². The second-order valence-corrected chi connectivity index (χ2v) is 7.64. The van der Waals surface area contributed by atoms with Crippen molar-refractivity contribution in [2.24, 2.45) is 0 Å². The van der Waals surface area contributed by atoms with E-state index in [9.17, 15) is 0 Å². The fourth-order valence-corrected chi connectivity index (χ4v) is 3.18. The molecule has 1 saturated heterocycles. The number of halogens is 1. The van der Waals surface area contributed by atoms with Crippen LogP contribution >= 0.6 is 11.6 Å². The Hall–Kier alpha value is -1.49. The van der Waals surface area contributed by atoms with Crippen LogP contribution in [0.5, 0.6) is 0 Å². The van der Waals surface area contributed by atoms with E-state index in [2.05, 4.69) is 50.9 Å². The van der Waals surface area contributed by atoms with Crippen molar-refractivity contribution in [2.75, 3.05) is 0 Å². The Balaban J connectivity index is 1.83. The molecule has 1 N–H and O–H groups in total. The van der Waals surface area contributed by atoms with Crippen molar-refractivity contribution in [3.05, 3.63) is 41.4 Å². The normalized spacial score (nSPS) is 19.8. The van der Waals surface area contributed by atoms with E-state index in [1.807, 2.05) is 18.2 Å². The molecular weight excluding hydrogens is 308 g/mol. The summed E-state index contributed by atoms with van der Waals surface area (Å²) in [6, 6.07) is 12.2. The predicted octanol–water partition coefficient (Wildman–Crippen LogP) is 4.27. The van der Waals surface area contributed by atoms with E-state index in [-0.39, 0.29) is 18.3 Å². The zero-order valence-electron chi connectivity index (χ0n) is 13.7. The molecule has 0 bridgehead atoms. The van der Waals surface area contributed by atoms with Gasteiger partial charge >= 0.3 is 7.12 Å². The van der Waals surface area contributed by atoms with Crippen LogP contribution in [0.3, 0.4) is 0 Å². The van der Waals surface area contributed by atoms with Gasteiger partial charge in [-0.05, 0) is 57.4 Å². The molecule has 3 nitrogen and oxygen atoms in total. The number of H-pyrrole nitrogens is 1. The average Bonchev–Trinajstić information content (AvgIpc) is 2.93. The summed E-state index contributed by atoms with van der Waals surface area (Å²) < 4.78 is 12.3. The van der Waals surface area contributed by atoms with Crippen molar-refractivity contribution in [3.63, 3.8) is 0 Å². The van der Waals surface area contributed by atoms with Crippen LogP contribution < -0.4 is 5.46 Å². The second kappa shape index (κ2) is 4.76. The van der Waals surface area contributed by atoms with E-state index in [1.165, 1.54) is 0 Å². The Morgan fingerprint density at radius 2 is 1.43 bits per heavy atom. The largest absolute Gasteiger partial charge is 0.494 e. The number of rotatable bonds is 1. The summed E-state index contributed by atoms with van der Waals surface area (Å²) in [5.41, 5.74) is 2.52. The third-order valence-electron chi connectivity index (χ3n) is 5.11. The first-order valence-electron chi connectivity index (χ1n) is 7.83. The number of nitrogens with one attached hydrogen (secondary N) is 1. The van der Waals surface area contributed by atoms with E-state index < -0.39 is 0 Å². The van der Waals surface area contributed by atoms with Gasteiger partial charge < -0.3 is 14.3 Å². The van der Waals surface area contributed by atoms with Crippen molar-refractivity contribution >= 4 is 46.0 Å². The van der Waals surface area contributed by atoms with Gasteiger partial charge in [0.15, 0.2) is 0 Å².